The quantitative estimate of drug-likeness (QED) is 0.115. The predicted octanol–water partition coefficient (Wildman–Crippen LogP) is 33.4. The summed E-state index contributed by atoms with van der Waals surface area (Å²) in [6.45, 7) is 4.60. The van der Waals surface area contributed by atoms with E-state index in [0.717, 1.165) is 161 Å². The number of fused-ring (bicyclic) bond motifs is 19. The lowest BCUT2D eigenvalue weighted by molar-refractivity contribution is 0.628. The average molecular weight is 1800 g/mol. The molecule has 0 bridgehead atoms. The minimum Gasteiger partial charge on any atom is -0.455 e. The Bertz CT molecular complexity index is 9460. The van der Waals surface area contributed by atoms with E-state index in [1.54, 1.807) is 0 Å². The molecule has 0 saturated carbocycles. The van der Waals surface area contributed by atoms with Gasteiger partial charge < -0.3 is 26.7 Å². The fourth-order valence-electron chi connectivity index (χ4n) is 21.8. The van der Waals surface area contributed by atoms with Gasteiger partial charge in [0.25, 0.3) is 0 Å². The Morgan fingerprint density at radius 1 is 0.214 bits per heavy atom. The zero-order valence-electron chi connectivity index (χ0n) is 76.0. The van der Waals surface area contributed by atoms with Crippen LogP contribution in [0.3, 0.4) is 0 Å². The summed E-state index contributed by atoms with van der Waals surface area (Å²) in [5.41, 5.74) is 31.4. The molecule has 29 rings (SSSR count). The number of hydrogen-bond acceptors (Lipinski definition) is 11. The van der Waals surface area contributed by atoms with Crippen molar-refractivity contribution in [3.63, 3.8) is 0 Å². The van der Waals surface area contributed by atoms with Crippen LogP contribution in [0.25, 0.3) is 240 Å². The van der Waals surface area contributed by atoms with E-state index >= 15 is 0 Å². The van der Waals surface area contributed by atoms with Crippen LogP contribution in [0, 0.1) is 0 Å². The van der Waals surface area contributed by atoms with Crippen molar-refractivity contribution < 1.29 is 22.1 Å². The van der Waals surface area contributed by atoms with Crippen molar-refractivity contribution in [2.24, 2.45) is 0 Å². The summed E-state index contributed by atoms with van der Waals surface area (Å²) in [5.74, 6) is 3.93. The van der Waals surface area contributed by atoms with Crippen molar-refractivity contribution in [2.75, 3.05) is 0 Å². The fraction of sp³-hybridized carbons (Fsp3) is 0.0312. The highest BCUT2D eigenvalue weighted by molar-refractivity contribution is 6.12. The maximum Gasteiger partial charge on any atom is 0.164 e. The number of aromatic nitrogens is 7. The SMILES string of the molecule is CC1(C)c2ccccc2-c2c(-c3cc(-c4cc5ccccc5o4)nc(-c4cccc5c4oc4ccccc45)n3)cccc21.c1ccc(C2(c3ccccc3)c3ccccc3-c3c(-c4cc(-c5cc6ccccc6o5)nc(-c5cccc6c5oc5ccccc56)n4)cccc32)cc1.c1ccc2oc(-c3cc(-c4cccc5ccccc45)nc(-c4ccc(-n5c6ccccc6c6ccccc65)cc4)n3)cc2c1. The largest absolute Gasteiger partial charge is 0.455 e. The standard InChI is InChI=1S/C49H30N2O2.C40H25N3O.C39H26N2O2/c1-3-16-32(17-4-1)49(33-18-5-2-6-19-33)39-25-10-8-21-36(39)46-37(23-14-26-40(46)49)41-30-42(45-29-31-15-7-11-27-43(31)52-45)51-48(50-41)38-24-13-22-35-34-20-9-12-28-44(34)53-47(35)38;1-3-13-30-26(10-1)12-9-16-31(30)34-25-35(39-24-28-11-2-8-19-38(28)44-39)42-40(41-34)27-20-22-29(23-21-27)43-36-17-6-4-14-32(36)33-15-5-7-18-37(33)43;1-39(2)29-17-6-4-13-26(29)36-27(15-10-18-30(36)39)31-22-32(35-21-23-11-3-7-19-33(23)42-35)41-38(40-31)28-16-9-14-25-24-12-5-8-20-34(24)43-37(25)28/h1-30H;1-25H;3-22H,1-2H3. The summed E-state index contributed by atoms with van der Waals surface area (Å²) in [6, 6.07) is 158. The van der Waals surface area contributed by atoms with Crippen LogP contribution in [0.5, 0.6) is 0 Å². The first-order chi connectivity index (χ1) is 69.1. The molecular weight excluding hydrogens is 1720 g/mol. The van der Waals surface area contributed by atoms with E-state index in [1.165, 1.54) is 77.3 Å². The molecule has 140 heavy (non-hydrogen) atoms. The van der Waals surface area contributed by atoms with Gasteiger partial charge in [-0.15, -0.1) is 0 Å². The number of para-hydroxylation sites is 9. The number of hydrogen-bond donors (Lipinski definition) is 0. The topological polar surface area (TPSA) is 148 Å². The predicted molar refractivity (Wildman–Crippen MR) is 566 cm³/mol. The Kier molecular flexibility index (Phi) is 18.9. The molecule has 9 heterocycles. The minimum atomic E-state index is -0.526. The van der Waals surface area contributed by atoms with Gasteiger partial charge in [-0.1, -0.05) is 354 Å². The van der Waals surface area contributed by atoms with E-state index in [9.17, 15) is 0 Å². The van der Waals surface area contributed by atoms with Crippen LogP contribution < -0.4 is 0 Å². The third kappa shape index (κ3) is 13.3. The zero-order chi connectivity index (χ0) is 92.7. The molecule has 9 aromatic heterocycles. The fourth-order valence-corrected chi connectivity index (χ4v) is 21.8. The van der Waals surface area contributed by atoms with Crippen LogP contribution in [-0.4, -0.2) is 34.5 Å². The Morgan fingerprint density at radius 3 is 1.06 bits per heavy atom. The van der Waals surface area contributed by atoms with Crippen LogP contribution in [0.15, 0.2) is 477 Å². The van der Waals surface area contributed by atoms with Crippen molar-refractivity contribution in [3.05, 3.63) is 488 Å². The van der Waals surface area contributed by atoms with Gasteiger partial charge in [-0.3, -0.25) is 0 Å². The van der Waals surface area contributed by atoms with Crippen LogP contribution in [0.4, 0.5) is 0 Å². The lowest BCUT2D eigenvalue weighted by Gasteiger charge is -2.33. The molecule has 27 aromatic rings. The van der Waals surface area contributed by atoms with Gasteiger partial charge in [0.1, 0.15) is 56.2 Å². The van der Waals surface area contributed by atoms with E-state index in [-0.39, 0.29) is 5.41 Å². The first kappa shape index (κ1) is 81.1. The van der Waals surface area contributed by atoms with Crippen molar-refractivity contribution in [3.8, 4) is 130 Å². The van der Waals surface area contributed by atoms with Gasteiger partial charge in [0.2, 0.25) is 0 Å². The second-order valence-corrected chi connectivity index (χ2v) is 36.5. The lowest BCUT2D eigenvalue weighted by atomic mass is 9.67. The number of furan rings is 5. The molecule has 0 atom stereocenters. The molecule has 0 radical (unpaired) electrons. The molecule has 0 unspecified atom stereocenters. The highest BCUT2D eigenvalue weighted by Gasteiger charge is 2.47. The molecule has 0 aliphatic heterocycles. The molecule has 0 N–H and O–H groups in total. The third-order valence-electron chi connectivity index (χ3n) is 28.2. The molecule has 12 nitrogen and oxygen atoms in total. The molecule has 0 saturated heterocycles. The molecule has 18 aromatic carbocycles. The monoisotopic (exact) mass is 1800 g/mol. The molecule has 2 aliphatic carbocycles. The van der Waals surface area contributed by atoms with Crippen LogP contribution in [0.2, 0.25) is 0 Å². The van der Waals surface area contributed by atoms with E-state index in [2.05, 4.69) is 364 Å². The van der Waals surface area contributed by atoms with Crippen LogP contribution >= 0.6 is 0 Å². The van der Waals surface area contributed by atoms with Gasteiger partial charge in [-0.25, -0.2) is 29.9 Å². The Labute approximate surface area is 803 Å². The molecule has 0 fully saturated rings. The Morgan fingerprint density at radius 2 is 0.550 bits per heavy atom. The lowest BCUT2D eigenvalue weighted by Crippen LogP contribution is -2.28. The van der Waals surface area contributed by atoms with Gasteiger partial charge in [0.05, 0.1) is 44.7 Å². The van der Waals surface area contributed by atoms with E-state index in [1.807, 2.05) is 109 Å². The third-order valence-corrected chi connectivity index (χ3v) is 28.2. The highest BCUT2D eigenvalue weighted by Crippen LogP contribution is 2.59. The molecule has 2 aliphatic rings. The maximum absolute atomic E-state index is 6.52. The van der Waals surface area contributed by atoms with E-state index in [4.69, 9.17) is 52.0 Å². The molecule has 658 valence electrons. The normalized spacial score (nSPS) is 12.8. The number of nitrogens with zero attached hydrogens (tertiary/aromatic N) is 7. The smallest absolute Gasteiger partial charge is 0.164 e. The first-order valence-electron chi connectivity index (χ1n) is 47.2. The summed E-state index contributed by atoms with van der Waals surface area (Å²) in [7, 11) is 0. The number of benzene rings is 18. The van der Waals surface area contributed by atoms with Crippen LogP contribution in [0.1, 0.15) is 47.2 Å². The minimum absolute atomic E-state index is 0.112. The molecule has 12 heteroatoms. The summed E-state index contributed by atoms with van der Waals surface area (Å²) in [6.07, 6.45) is 0. The van der Waals surface area contributed by atoms with Crippen molar-refractivity contribution in [1.29, 1.82) is 0 Å². The van der Waals surface area contributed by atoms with Gasteiger partial charge >= 0.3 is 0 Å². The highest BCUT2D eigenvalue weighted by atomic mass is 16.3. The number of rotatable bonds is 12. The molecular formula is C128H81N7O5. The summed E-state index contributed by atoms with van der Waals surface area (Å²) >= 11 is 0. The van der Waals surface area contributed by atoms with Gasteiger partial charge in [-0.05, 0) is 182 Å². The first-order valence-corrected chi connectivity index (χ1v) is 47.2. The van der Waals surface area contributed by atoms with Gasteiger partial charge in [0.15, 0.2) is 34.8 Å². The van der Waals surface area contributed by atoms with Gasteiger partial charge in [0, 0.05) is 81.8 Å². The Hall–Kier alpha value is -18.5. The summed E-state index contributed by atoms with van der Waals surface area (Å²) in [5, 5.41) is 12.1. The van der Waals surface area contributed by atoms with Gasteiger partial charge in [-0.2, -0.15) is 0 Å². The van der Waals surface area contributed by atoms with Crippen molar-refractivity contribution >= 4 is 109 Å². The van der Waals surface area contributed by atoms with Crippen molar-refractivity contribution in [1.82, 2.24) is 34.5 Å². The maximum atomic E-state index is 6.52. The van der Waals surface area contributed by atoms with Crippen LogP contribution in [-0.2, 0) is 10.8 Å². The van der Waals surface area contributed by atoms with E-state index in [0.29, 0.717) is 34.7 Å². The zero-order valence-corrected chi connectivity index (χ0v) is 76.0. The second kappa shape index (κ2) is 32.7. The van der Waals surface area contributed by atoms with E-state index < -0.39 is 5.41 Å². The summed E-state index contributed by atoms with van der Waals surface area (Å²) in [4.78, 5) is 31.2. The average Bonchev–Trinajstić information content (AvgIpc) is 1.52. The van der Waals surface area contributed by atoms with Crippen molar-refractivity contribution in [2.45, 2.75) is 24.7 Å². The summed E-state index contributed by atoms with van der Waals surface area (Å²) < 4.78 is 34.3. The molecule has 0 amide bonds. The Balaban J connectivity index is 0.000000106. The second-order valence-electron chi connectivity index (χ2n) is 36.5. The molecule has 0 spiro atoms.